The molecule has 0 aliphatic rings. The number of benzene rings is 1. The van der Waals surface area contributed by atoms with Crippen LogP contribution in [0.1, 0.15) is 32.2 Å². The first-order valence-corrected chi connectivity index (χ1v) is 7.45. The van der Waals surface area contributed by atoms with E-state index in [0.717, 1.165) is 22.0 Å². The van der Waals surface area contributed by atoms with E-state index >= 15 is 0 Å². The van der Waals surface area contributed by atoms with E-state index in [9.17, 15) is 4.79 Å². The van der Waals surface area contributed by atoms with Crippen LogP contribution in [0.4, 0.5) is 0 Å². The van der Waals surface area contributed by atoms with Crippen molar-refractivity contribution in [1.29, 1.82) is 0 Å². The summed E-state index contributed by atoms with van der Waals surface area (Å²) < 4.78 is 2.71. The van der Waals surface area contributed by atoms with Crippen LogP contribution in [0.5, 0.6) is 0 Å². The van der Waals surface area contributed by atoms with Crippen molar-refractivity contribution in [2.24, 2.45) is 0 Å². The van der Waals surface area contributed by atoms with Crippen LogP contribution < -0.4 is 0 Å². The lowest BCUT2D eigenvalue weighted by atomic mass is 10.1. The van der Waals surface area contributed by atoms with Gasteiger partial charge in [-0.2, -0.15) is 0 Å². The molecule has 2 rings (SSSR count). The number of carboxylic acid groups (broad SMARTS) is 1. The number of hydrogen-bond donors (Lipinski definition) is 1. The number of tetrazole rings is 1. The zero-order valence-corrected chi connectivity index (χ0v) is 13.2. The molecule has 1 atom stereocenters. The van der Waals surface area contributed by atoms with Gasteiger partial charge in [0.1, 0.15) is 0 Å². The molecule has 1 N–H and O–H groups in total. The Morgan fingerprint density at radius 1 is 1.50 bits per heavy atom. The van der Waals surface area contributed by atoms with Gasteiger partial charge in [0.25, 0.3) is 0 Å². The van der Waals surface area contributed by atoms with E-state index < -0.39 is 5.97 Å². The van der Waals surface area contributed by atoms with Gasteiger partial charge in [0.05, 0.1) is 12.5 Å². The highest BCUT2D eigenvalue weighted by atomic mass is 127. The van der Waals surface area contributed by atoms with Crippen LogP contribution >= 0.6 is 22.6 Å². The Labute approximate surface area is 130 Å². The summed E-state index contributed by atoms with van der Waals surface area (Å²) in [7, 11) is 0. The first kappa shape index (κ1) is 14.9. The first-order chi connectivity index (χ1) is 9.61. The molecule has 106 valence electrons. The third-order valence-electron chi connectivity index (χ3n) is 2.95. The molecule has 20 heavy (non-hydrogen) atoms. The molecule has 0 fully saturated rings. The normalized spacial score (nSPS) is 12.3. The van der Waals surface area contributed by atoms with Gasteiger partial charge in [0, 0.05) is 9.13 Å². The van der Waals surface area contributed by atoms with E-state index in [2.05, 4.69) is 38.1 Å². The predicted molar refractivity (Wildman–Crippen MR) is 82.2 cm³/mol. The number of nitrogens with zero attached hydrogens (tertiary/aromatic N) is 4. The SMILES string of the molecule is CCCC(CC(=O)O)n1nnnc1-c1cccc(I)c1. The van der Waals surface area contributed by atoms with E-state index in [1.165, 1.54) is 0 Å². The topological polar surface area (TPSA) is 80.9 Å². The highest BCUT2D eigenvalue weighted by molar-refractivity contribution is 14.1. The van der Waals surface area contributed by atoms with Gasteiger partial charge in [0.15, 0.2) is 5.82 Å². The first-order valence-electron chi connectivity index (χ1n) is 6.37. The number of aliphatic carboxylic acids is 1. The summed E-state index contributed by atoms with van der Waals surface area (Å²) in [5.41, 5.74) is 0.897. The van der Waals surface area contributed by atoms with E-state index in [1.54, 1.807) is 4.68 Å². The van der Waals surface area contributed by atoms with Gasteiger partial charge in [-0.1, -0.05) is 25.5 Å². The number of halogens is 1. The maximum atomic E-state index is 11.0. The fraction of sp³-hybridized carbons (Fsp3) is 0.385. The van der Waals surface area contributed by atoms with Gasteiger partial charge in [-0.15, -0.1) is 5.10 Å². The Balaban J connectivity index is 2.37. The van der Waals surface area contributed by atoms with E-state index in [-0.39, 0.29) is 12.5 Å². The Kier molecular flexibility index (Phi) is 5.05. The Hall–Kier alpha value is -1.51. The molecular weight excluding hydrogens is 371 g/mol. The maximum Gasteiger partial charge on any atom is 0.305 e. The lowest BCUT2D eigenvalue weighted by Gasteiger charge is -2.15. The number of aromatic nitrogens is 4. The largest absolute Gasteiger partial charge is 0.481 e. The van der Waals surface area contributed by atoms with Gasteiger partial charge in [-0.3, -0.25) is 4.79 Å². The third-order valence-corrected chi connectivity index (χ3v) is 3.62. The van der Waals surface area contributed by atoms with Crippen LogP contribution in [-0.4, -0.2) is 31.3 Å². The van der Waals surface area contributed by atoms with Gasteiger partial charge in [-0.05, 0) is 51.6 Å². The smallest absolute Gasteiger partial charge is 0.305 e. The highest BCUT2D eigenvalue weighted by Gasteiger charge is 2.20. The van der Waals surface area contributed by atoms with Crippen molar-refractivity contribution in [3.8, 4) is 11.4 Å². The molecule has 0 spiro atoms. The number of rotatable bonds is 6. The molecule has 0 amide bonds. The second-order valence-electron chi connectivity index (χ2n) is 4.50. The van der Waals surface area contributed by atoms with Crippen molar-refractivity contribution in [2.45, 2.75) is 32.2 Å². The zero-order valence-electron chi connectivity index (χ0n) is 11.0. The molecule has 0 saturated heterocycles. The molecule has 1 aromatic carbocycles. The molecule has 2 aromatic rings. The molecule has 0 radical (unpaired) electrons. The second-order valence-corrected chi connectivity index (χ2v) is 5.74. The summed E-state index contributed by atoms with van der Waals surface area (Å²) in [6.07, 6.45) is 1.63. The minimum absolute atomic E-state index is 0.0236. The summed E-state index contributed by atoms with van der Waals surface area (Å²) >= 11 is 2.22. The van der Waals surface area contributed by atoms with E-state index in [0.29, 0.717) is 5.82 Å². The summed E-state index contributed by atoms with van der Waals surface area (Å²) in [4.78, 5) is 11.0. The van der Waals surface area contributed by atoms with Crippen LogP contribution in [0.25, 0.3) is 11.4 Å². The fourth-order valence-electron chi connectivity index (χ4n) is 2.10. The van der Waals surface area contributed by atoms with Crippen LogP contribution in [0.15, 0.2) is 24.3 Å². The number of carbonyl (C=O) groups is 1. The van der Waals surface area contributed by atoms with Gasteiger partial charge in [-0.25, -0.2) is 4.68 Å². The zero-order chi connectivity index (χ0) is 14.5. The molecule has 1 unspecified atom stereocenters. The van der Waals surface area contributed by atoms with Gasteiger partial charge >= 0.3 is 5.97 Å². The average Bonchev–Trinajstić information content (AvgIpc) is 2.86. The van der Waals surface area contributed by atoms with Crippen molar-refractivity contribution in [2.75, 3.05) is 0 Å². The predicted octanol–water partition coefficient (Wildman–Crippen LogP) is 2.76. The Morgan fingerprint density at radius 3 is 2.95 bits per heavy atom. The summed E-state index contributed by atoms with van der Waals surface area (Å²) in [5.74, 6) is -0.226. The molecule has 7 heteroatoms. The third kappa shape index (κ3) is 3.53. The van der Waals surface area contributed by atoms with Gasteiger partial charge in [0.2, 0.25) is 0 Å². The molecule has 0 saturated carbocycles. The Bertz CT molecular complexity index is 600. The van der Waals surface area contributed by atoms with Crippen LogP contribution in [0, 0.1) is 3.57 Å². The second kappa shape index (κ2) is 6.78. The van der Waals surface area contributed by atoms with Crippen LogP contribution in [0.3, 0.4) is 0 Å². The molecule has 0 aliphatic carbocycles. The molecule has 0 aliphatic heterocycles. The molecular formula is C13H15IN4O2. The summed E-state index contributed by atoms with van der Waals surface area (Å²) in [6.45, 7) is 2.02. The molecule has 1 aromatic heterocycles. The lowest BCUT2D eigenvalue weighted by molar-refractivity contribution is -0.138. The molecule has 6 nitrogen and oxygen atoms in total. The number of carboxylic acids is 1. The minimum atomic E-state index is -0.840. The number of hydrogen-bond acceptors (Lipinski definition) is 4. The van der Waals surface area contributed by atoms with Crippen molar-refractivity contribution < 1.29 is 9.90 Å². The monoisotopic (exact) mass is 386 g/mol. The quantitative estimate of drug-likeness (QED) is 0.773. The van der Waals surface area contributed by atoms with Crippen LogP contribution in [-0.2, 0) is 4.79 Å². The van der Waals surface area contributed by atoms with Gasteiger partial charge < -0.3 is 5.11 Å². The lowest BCUT2D eigenvalue weighted by Crippen LogP contribution is -2.16. The van der Waals surface area contributed by atoms with Crippen molar-refractivity contribution in [1.82, 2.24) is 20.2 Å². The highest BCUT2D eigenvalue weighted by Crippen LogP contribution is 2.25. The standard InChI is InChI=1S/C13H15IN4O2/c1-2-4-11(8-12(19)20)18-13(15-16-17-18)9-5-3-6-10(14)7-9/h3,5-7,11H,2,4,8H2,1H3,(H,19,20). The van der Waals surface area contributed by atoms with E-state index in [4.69, 9.17) is 5.11 Å². The van der Waals surface area contributed by atoms with E-state index in [1.807, 2.05) is 31.2 Å². The fourth-order valence-corrected chi connectivity index (χ4v) is 2.65. The van der Waals surface area contributed by atoms with Crippen molar-refractivity contribution >= 4 is 28.6 Å². The van der Waals surface area contributed by atoms with Crippen molar-refractivity contribution in [3.05, 3.63) is 27.8 Å². The maximum absolute atomic E-state index is 11.0. The average molecular weight is 386 g/mol. The van der Waals surface area contributed by atoms with Crippen molar-refractivity contribution in [3.63, 3.8) is 0 Å². The Morgan fingerprint density at radius 2 is 2.30 bits per heavy atom. The molecule has 1 heterocycles. The van der Waals surface area contributed by atoms with Crippen LogP contribution in [0.2, 0.25) is 0 Å². The minimum Gasteiger partial charge on any atom is -0.481 e. The summed E-state index contributed by atoms with van der Waals surface area (Å²) in [6, 6.07) is 7.60. The summed E-state index contributed by atoms with van der Waals surface area (Å²) in [5, 5.41) is 20.8. The molecule has 0 bridgehead atoms.